The molecule has 12 heteroatoms. The molecule has 148 valence electrons. The van der Waals surface area contributed by atoms with Crippen molar-refractivity contribution in [3.63, 3.8) is 0 Å². The van der Waals surface area contributed by atoms with E-state index in [2.05, 4.69) is 46.7 Å². The first kappa shape index (κ1) is 21.9. The van der Waals surface area contributed by atoms with Crippen LogP contribution < -0.4 is 10.6 Å². The Balaban J connectivity index is 0.00000261. The molecule has 3 aromatic heterocycles. The zero-order valence-electron chi connectivity index (χ0n) is 14.2. The number of hydrogen-bond donors (Lipinski definition) is 3. The smallest absolute Gasteiger partial charge is 0.356 e. The molecule has 3 rings (SSSR count). The summed E-state index contributed by atoms with van der Waals surface area (Å²) in [6.07, 6.45) is -1.95. The van der Waals surface area contributed by atoms with E-state index in [-0.39, 0.29) is 16.9 Å². The maximum Gasteiger partial charge on any atom is 0.426 e. The summed E-state index contributed by atoms with van der Waals surface area (Å²) in [7, 11) is 0. The van der Waals surface area contributed by atoms with Crippen LogP contribution in [0.4, 0.5) is 19.1 Å². The van der Waals surface area contributed by atoms with Gasteiger partial charge in [-0.1, -0.05) is 0 Å². The number of H-pyrrole nitrogens is 1. The molecule has 0 amide bonds. The van der Waals surface area contributed by atoms with Crippen molar-refractivity contribution in [3.8, 4) is 0 Å². The fourth-order valence-electron chi connectivity index (χ4n) is 2.36. The van der Waals surface area contributed by atoms with Gasteiger partial charge < -0.3 is 15.6 Å². The van der Waals surface area contributed by atoms with Gasteiger partial charge in [-0.15, -0.1) is 28.8 Å². The van der Waals surface area contributed by atoms with Crippen LogP contribution in [0.15, 0.2) is 16.7 Å². The number of aromatic amines is 1. The van der Waals surface area contributed by atoms with Gasteiger partial charge in [0.2, 0.25) is 11.6 Å². The second kappa shape index (κ2) is 9.18. The first-order valence-electron chi connectivity index (χ1n) is 7.83. The van der Waals surface area contributed by atoms with Gasteiger partial charge in [0.25, 0.3) is 0 Å². The monoisotopic (exact) mass is 484 g/mol. The number of anilines is 1. The maximum absolute atomic E-state index is 12.9. The molecule has 0 aliphatic rings. The summed E-state index contributed by atoms with van der Waals surface area (Å²) in [5, 5.41) is 14.0. The summed E-state index contributed by atoms with van der Waals surface area (Å²) in [5.41, 5.74) is 1.99. The lowest BCUT2D eigenvalue weighted by Crippen LogP contribution is -2.17. The van der Waals surface area contributed by atoms with Crippen molar-refractivity contribution >= 4 is 56.8 Å². The van der Waals surface area contributed by atoms with Crippen LogP contribution in [0.5, 0.6) is 0 Å². The zero-order valence-corrected chi connectivity index (χ0v) is 17.4. The van der Waals surface area contributed by atoms with Gasteiger partial charge in [-0.25, -0.2) is 0 Å². The largest absolute Gasteiger partial charge is 0.426 e. The molecule has 3 N–H and O–H groups in total. The number of fused-ring (bicyclic) bond motifs is 1. The Kier molecular flexibility index (Phi) is 7.43. The molecule has 0 spiro atoms. The van der Waals surface area contributed by atoms with Gasteiger partial charge in [-0.2, -0.15) is 23.3 Å². The number of nitrogens with zero attached hydrogens (tertiary/aromatic N) is 3. The predicted octanol–water partition coefficient (Wildman–Crippen LogP) is 4.52. The molecular weight excluding hydrogens is 469 g/mol. The molecular formula is C15H17BrClF3N6S. The number of nitrogens with one attached hydrogen (secondary N) is 3. The highest BCUT2D eigenvalue weighted by atomic mass is 79.9. The van der Waals surface area contributed by atoms with E-state index in [9.17, 15) is 13.2 Å². The Bertz CT molecular complexity index is 864. The first-order valence-corrected chi connectivity index (χ1v) is 9.44. The molecule has 0 fully saturated rings. The molecule has 0 unspecified atom stereocenters. The molecule has 3 aromatic rings. The van der Waals surface area contributed by atoms with Gasteiger partial charge in [0.05, 0.1) is 11.7 Å². The van der Waals surface area contributed by atoms with E-state index in [1.165, 1.54) is 0 Å². The standard InChI is InChI=1S/C15H16BrF3N6S.ClH/c1-8-10(26-12(11(8)16)15(17,18)19)7-20-4-2-5-21-14-23-9-3-6-22-25-13(9)24-14;/h3,6,20H,2,4-5,7H2,1H3,(H2,21,23,24,25);1H. The average molecular weight is 486 g/mol. The molecule has 0 saturated heterocycles. The van der Waals surface area contributed by atoms with Crippen LogP contribution in [-0.2, 0) is 12.7 Å². The summed E-state index contributed by atoms with van der Waals surface area (Å²) < 4.78 is 38.9. The number of halogens is 5. The molecule has 0 saturated carbocycles. The Hall–Kier alpha value is -1.43. The van der Waals surface area contributed by atoms with Crippen LogP contribution in [0, 0.1) is 6.92 Å². The van der Waals surface area contributed by atoms with Crippen LogP contribution >= 0.6 is 39.7 Å². The average Bonchev–Trinajstić information content (AvgIpc) is 3.12. The number of thiophene rings is 1. The number of aromatic nitrogens is 4. The molecule has 27 heavy (non-hydrogen) atoms. The van der Waals surface area contributed by atoms with Gasteiger partial charge in [0.1, 0.15) is 4.88 Å². The van der Waals surface area contributed by atoms with Gasteiger partial charge in [0, 0.05) is 22.4 Å². The summed E-state index contributed by atoms with van der Waals surface area (Å²) in [5.74, 6) is 0.619. The number of rotatable bonds is 7. The number of imidazole rings is 1. The fourth-order valence-corrected chi connectivity index (χ4v) is 4.23. The third kappa shape index (κ3) is 5.31. The van der Waals surface area contributed by atoms with Gasteiger partial charge in [0.15, 0.2) is 0 Å². The highest BCUT2D eigenvalue weighted by molar-refractivity contribution is 9.10. The van der Waals surface area contributed by atoms with Crippen LogP contribution in [0.2, 0.25) is 0 Å². The van der Waals surface area contributed by atoms with E-state index in [1.807, 2.05) is 0 Å². The Morgan fingerprint density at radius 2 is 2.07 bits per heavy atom. The van der Waals surface area contributed by atoms with Crippen molar-refractivity contribution in [2.24, 2.45) is 0 Å². The van der Waals surface area contributed by atoms with E-state index in [4.69, 9.17) is 0 Å². The highest BCUT2D eigenvalue weighted by Gasteiger charge is 2.36. The van der Waals surface area contributed by atoms with Crippen molar-refractivity contribution in [2.45, 2.75) is 26.1 Å². The molecule has 0 aromatic carbocycles. The molecule has 0 radical (unpaired) electrons. The molecule has 0 atom stereocenters. The maximum atomic E-state index is 12.9. The molecule has 6 nitrogen and oxygen atoms in total. The van der Waals surface area contributed by atoms with E-state index in [0.29, 0.717) is 41.7 Å². The lowest BCUT2D eigenvalue weighted by molar-refractivity contribution is -0.134. The van der Waals surface area contributed by atoms with E-state index in [0.717, 1.165) is 23.3 Å². The topological polar surface area (TPSA) is 78.5 Å². The second-order valence-corrected chi connectivity index (χ2v) is 7.50. The molecule has 3 heterocycles. The zero-order chi connectivity index (χ0) is 18.7. The van der Waals surface area contributed by atoms with Crippen molar-refractivity contribution in [2.75, 3.05) is 18.4 Å². The summed E-state index contributed by atoms with van der Waals surface area (Å²) >= 11 is 3.82. The van der Waals surface area contributed by atoms with Gasteiger partial charge in [-0.3, -0.25) is 0 Å². The van der Waals surface area contributed by atoms with E-state index >= 15 is 0 Å². The highest BCUT2D eigenvalue weighted by Crippen LogP contribution is 2.43. The Morgan fingerprint density at radius 1 is 1.30 bits per heavy atom. The van der Waals surface area contributed by atoms with Gasteiger partial charge >= 0.3 is 6.18 Å². The van der Waals surface area contributed by atoms with Crippen molar-refractivity contribution < 1.29 is 13.2 Å². The predicted molar refractivity (Wildman–Crippen MR) is 106 cm³/mol. The third-order valence-electron chi connectivity index (χ3n) is 3.71. The SMILES string of the molecule is Cc1c(CNCCCNc2nc3nnccc3[nH]2)sc(C(F)(F)F)c1Br.Cl. The summed E-state index contributed by atoms with van der Waals surface area (Å²) in [6.45, 7) is 3.44. The van der Waals surface area contributed by atoms with Crippen LogP contribution in [0.1, 0.15) is 21.7 Å². The van der Waals surface area contributed by atoms with Crippen LogP contribution in [-0.4, -0.2) is 33.3 Å². The number of hydrogen-bond acceptors (Lipinski definition) is 6. The summed E-state index contributed by atoms with van der Waals surface area (Å²) in [6, 6.07) is 1.79. The van der Waals surface area contributed by atoms with Crippen LogP contribution in [0.3, 0.4) is 0 Å². The normalized spacial score (nSPS) is 11.6. The molecule has 0 aliphatic carbocycles. The van der Waals surface area contributed by atoms with E-state index in [1.54, 1.807) is 19.2 Å². The van der Waals surface area contributed by atoms with Crippen molar-refractivity contribution in [1.82, 2.24) is 25.5 Å². The first-order chi connectivity index (χ1) is 12.4. The van der Waals surface area contributed by atoms with Crippen molar-refractivity contribution in [1.29, 1.82) is 0 Å². The minimum absolute atomic E-state index is 0. The lowest BCUT2D eigenvalue weighted by atomic mass is 10.2. The Morgan fingerprint density at radius 3 is 2.74 bits per heavy atom. The van der Waals surface area contributed by atoms with Crippen molar-refractivity contribution in [3.05, 3.63) is 32.1 Å². The fraction of sp³-hybridized carbons (Fsp3) is 0.400. The minimum Gasteiger partial charge on any atom is -0.356 e. The van der Waals surface area contributed by atoms with E-state index < -0.39 is 11.1 Å². The minimum atomic E-state index is -4.33. The quantitative estimate of drug-likeness (QED) is 0.429. The lowest BCUT2D eigenvalue weighted by Gasteiger charge is -2.05. The summed E-state index contributed by atoms with van der Waals surface area (Å²) in [4.78, 5) is 7.45. The molecule has 0 aliphatic heterocycles. The van der Waals surface area contributed by atoms with Crippen LogP contribution in [0.25, 0.3) is 11.2 Å². The number of alkyl halides is 3. The second-order valence-electron chi connectivity index (χ2n) is 5.60. The Labute approximate surface area is 171 Å². The van der Waals surface area contributed by atoms with Gasteiger partial charge in [-0.05, 0) is 47.4 Å². The molecule has 0 bridgehead atoms. The third-order valence-corrected chi connectivity index (χ3v) is 6.30.